The van der Waals surface area contributed by atoms with Crippen molar-refractivity contribution in [2.24, 2.45) is 0 Å². The number of pyridine rings is 1. The number of nitriles is 1. The third-order valence-electron chi connectivity index (χ3n) is 2.58. The zero-order chi connectivity index (χ0) is 12.8. The highest BCUT2D eigenvalue weighted by molar-refractivity contribution is 5.51. The highest BCUT2D eigenvalue weighted by atomic mass is 16.3. The van der Waals surface area contributed by atoms with Crippen molar-refractivity contribution in [3.63, 3.8) is 0 Å². The van der Waals surface area contributed by atoms with Gasteiger partial charge in [0.15, 0.2) is 0 Å². The van der Waals surface area contributed by atoms with Gasteiger partial charge >= 0.3 is 0 Å². The molecule has 90 valence electrons. The van der Waals surface area contributed by atoms with Crippen LogP contribution in [-0.2, 0) is 0 Å². The van der Waals surface area contributed by atoms with Crippen molar-refractivity contribution < 1.29 is 5.11 Å². The van der Waals surface area contributed by atoms with Crippen LogP contribution in [0.3, 0.4) is 0 Å². The van der Waals surface area contributed by atoms with Gasteiger partial charge in [0.2, 0.25) is 0 Å². The molecule has 1 unspecified atom stereocenters. The molecule has 4 heteroatoms. The van der Waals surface area contributed by atoms with Crippen LogP contribution < -0.4 is 5.32 Å². The molecule has 2 rings (SSSR count). The minimum Gasteiger partial charge on any atom is -0.387 e. The molecule has 0 radical (unpaired) electrons. The van der Waals surface area contributed by atoms with E-state index in [0.29, 0.717) is 17.9 Å². The Hall–Kier alpha value is -2.38. The summed E-state index contributed by atoms with van der Waals surface area (Å²) in [5.74, 6) is 0.495. The smallest absolute Gasteiger partial charge is 0.143 e. The van der Waals surface area contributed by atoms with Crippen molar-refractivity contribution in [2.45, 2.75) is 6.10 Å². The second kappa shape index (κ2) is 5.80. The molecule has 0 fully saturated rings. The van der Waals surface area contributed by atoms with Crippen molar-refractivity contribution in [3.05, 3.63) is 59.8 Å². The Morgan fingerprint density at radius 2 is 2.00 bits per heavy atom. The first-order valence-corrected chi connectivity index (χ1v) is 5.63. The predicted molar refractivity (Wildman–Crippen MR) is 68.8 cm³/mol. The minimum atomic E-state index is -0.625. The molecule has 0 aliphatic rings. The van der Waals surface area contributed by atoms with Crippen LogP contribution >= 0.6 is 0 Å². The molecule has 0 spiro atoms. The van der Waals surface area contributed by atoms with Gasteiger partial charge in [-0.3, -0.25) is 0 Å². The van der Waals surface area contributed by atoms with Gasteiger partial charge in [-0.25, -0.2) is 4.98 Å². The van der Waals surface area contributed by atoms with E-state index in [1.165, 1.54) is 0 Å². The van der Waals surface area contributed by atoms with Gasteiger partial charge < -0.3 is 10.4 Å². The third kappa shape index (κ3) is 2.84. The van der Waals surface area contributed by atoms with E-state index in [-0.39, 0.29) is 0 Å². The molecule has 18 heavy (non-hydrogen) atoms. The van der Waals surface area contributed by atoms with Crippen molar-refractivity contribution in [1.82, 2.24) is 4.98 Å². The Morgan fingerprint density at radius 1 is 1.22 bits per heavy atom. The van der Waals surface area contributed by atoms with Gasteiger partial charge in [-0.1, -0.05) is 30.3 Å². The largest absolute Gasteiger partial charge is 0.387 e. The van der Waals surface area contributed by atoms with E-state index in [1.54, 1.807) is 18.3 Å². The quantitative estimate of drug-likeness (QED) is 0.857. The number of hydrogen-bond acceptors (Lipinski definition) is 4. The number of anilines is 1. The van der Waals surface area contributed by atoms with Gasteiger partial charge in [0, 0.05) is 12.7 Å². The summed E-state index contributed by atoms with van der Waals surface area (Å²) in [5, 5.41) is 21.9. The van der Waals surface area contributed by atoms with Crippen molar-refractivity contribution >= 4 is 5.82 Å². The summed E-state index contributed by atoms with van der Waals surface area (Å²) in [6, 6.07) is 14.8. The number of nitrogens with one attached hydrogen (secondary N) is 1. The lowest BCUT2D eigenvalue weighted by Crippen LogP contribution is -2.13. The van der Waals surface area contributed by atoms with E-state index in [1.807, 2.05) is 30.3 Å². The number of aliphatic hydroxyl groups excluding tert-OH is 1. The molecule has 1 heterocycles. The molecule has 0 aliphatic carbocycles. The first-order chi connectivity index (χ1) is 8.81. The molecule has 0 aliphatic heterocycles. The fourth-order valence-corrected chi connectivity index (χ4v) is 1.62. The maximum Gasteiger partial charge on any atom is 0.143 e. The molecule has 2 N–H and O–H groups in total. The summed E-state index contributed by atoms with van der Waals surface area (Å²) >= 11 is 0. The predicted octanol–water partition coefficient (Wildman–Crippen LogP) is 2.10. The number of benzene rings is 1. The van der Waals surface area contributed by atoms with Crippen LogP contribution in [0, 0.1) is 11.3 Å². The van der Waals surface area contributed by atoms with E-state index in [0.717, 1.165) is 5.56 Å². The molecule has 2 aromatic rings. The highest BCUT2D eigenvalue weighted by Gasteiger charge is 2.08. The normalized spacial score (nSPS) is 11.6. The van der Waals surface area contributed by atoms with Crippen molar-refractivity contribution in [1.29, 1.82) is 5.26 Å². The van der Waals surface area contributed by atoms with Gasteiger partial charge in [-0.15, -0.1) is 0 Å². The number of aromatic nitrogens is 1. The van der Waals surface area contributed by atoms with Crippen LogP contribution in [-0.4, -0.2) is 16.6 Å². The molecule has 4 nitrogen and oxygen atoms in total. The van der Waals surface area contributed by atoms with Crippen LogP contribution in [0.5, 0.6) is 0 Å². The second-order valence-electron chi connectivity index (χ2n) is 3.82. The zero-order valence-corrected chi connectivity index (χ0v) is 9.74. The van der Waals surface area contributed by atoms with E-state index < -0.39 is 6.10 Å². The average Bonchev–Trinajstić information content (AvgIpc) is 2.46. The summed E-state index contributed by atoms with van der Waals surface area (Å²) in [4.78, 5) is 4.07. The van der Waals surface area contributed by atoms with Crippen LogP contribution in [0.2, 0.25) is 0 Å². The molecule has 0 saturated heterocycles. The molecule has 1 aromatic heterocycles. The van der Waals surface area contributed by atoms with Gasteiger partial charge in [-0.2, -0.15) is 5.26 Å². The van der Waals surface area contributed by atoms with Crippen LogP contribution in [0.4, 0.5) is 5.82 Å². The number of aliphatic hydroxyl groups is 1. The third-order valence-corrected chi connectivity index (χ3v) is 2.58. The van der Waals surface area contributed by atoms with Crippen LogP contribution in [0.25, 0.3) is 0 Å². The summed E-state index contributed by atoms with van der Waals surface area (Å²) in [6.07, 6.45) is 0.984. The lowest BCUT2D eigenvalue weighted by atomic mass is 10.1. The maximum absolute atomic E-state index is 9.97. The Kier molecular flexibility index (Phi) is 3.90. The molecular formula is C14H13N3O. The first kappa shape index (κ1) is 12.1. The van der Waals surface area contributed by atoms with Gasteiger partial charge in [0.1, 0.15) is 11.9 Å². The van der Waals surface area contributed by atoms with Gasteiger partial charge in [0.05, 0.1) is 11.7 Å². The lowest BCUT2D eigenvalue weighted by Gasteiger charge is -2.13. The SMILES string of the molecule is N#Cc1cccnc1NCC(O)c1ccccc1. The summed E-state index contributed by atoms with van der Waals surface area (Å²) in [7, 11) is 0. The first-order valence-electron chi connectivity index (χ1n) is 5.63. The summed E-state index contributed by atoms with van der Waals surface area (Å²) in [6.45, 7) is 0.315. The lowest BCUT2D eigenvalue weighted by molar-refractivity contribution is 0.191. The zero-order valence-electron chi connectivity index (χ0n) is 9.74. The molecule has 1 atom stereocenters. The standard InChI is InChI=1S/C14H13N3O/c15-9-12-7-4-8-16-14(12)17-10-13(18)11-5-2-1-3-6-11/h1-8,13,18H,10H2,(H,16,17). The number of rotatable bonds is 4. The number of hydrogen-bond donors (Lipinski definition) is 2. The Morgan fingerprint density at radius 3 is 2.72 bits per heavy atom. The van der Waals surface area contributed by atoms with E-state index in [9.17, 15) is 5.11 Å². The summed E-state index contributed by atoms with van der Waals surface area (Å²) < 4.78 is 0. The van der Waals surface area contributed by atoms with Crippen LogP contribution in [0.1, 0.15) is 17.2 Å². The van der Waals surface area contributed by atoms with E-state index in [4.69, 9.17) is 5.26 Å². The second-order valence-corrected chi connectivity index (χ2v) is 3.82. The van der Waals surface area contributed by atoms with E-state index in [2.05, 4.69) is 16.4 Å². The van der Waals surface area contributed by atoms with Crippen molar-refractivity contribution in [2.75, 3.05) is 11.9 Å². The minimum absolute atomic E-state index is 0.315. The average molecular weight is 239 g/mol. The van der Waals surface area contributed by atoms with Gasteiger partial charge in [0.25, 0.3) is 0 Å². The Bertz CT molecular complexity index is 548. The highest BCUT2D eigenvalue weighted by Crippen LogP contribution is 2.15. The summed E-state index contributed by atoms with van der Waals surface area (Å²) in [5.41, 5.74) is 1.30. The monoisotopic (exact) mass is 239 g/mol. The molecule has 1 aromatic carbocycles. The molecule has 0 saturated carbocycles. The molecule has 0 amide bonds. The van der Waals surface area contributed by atoms with Crippen LogP contribution in [0.15, 0.2) is 48.7 Å². The maximum atomic E-state index is 9.97. The fourth-order valence-electron chi connectivity index (χ4n) is 1.62. The molecular weight excluding hydrogens is 226 g/mol. The topological polar surface area (TPSA) is 68.9 Å². The fraction of sp³-hybridized carbons (Fsp3) is 0.143. The van der Waals surface area contributed by atoms with E-state index >= 15 is 0 Å². The Labute approximate surface area is 106 Å². The number of nitrogens with zero attached hydrogens (tertiary/aromatic N) is 2. The Balaban J connectivity index is 2.02. The van der Waals surface area contributed by atoms with Gasteiger partial charge in [-0.05, 0) is 17.7 Å². The molecule has 0 bridgehead atoms. The van der Waals surface area contributed by atoms with Crippen molar-refractivity contribution in [3.8, 4) is 6.07 Å².